The van der Waals surface area contributed by atoms with Gasteiger partial charge in [-0.15, -0.1) is 0 Å². The molecule has 3 nitrogen and oxygen atoms in total. The van der Waals surface area contributed by atoms with Gasteiger partial charge in [0.2, 0.25) is 0 Å². The summed E-state index contributed by atoms with van der Waals surface area (Å²) in [5.41, 5.74) is -6.67. The van der Waals surface area contributed by atoms with Crippen LogP contribution >= 0.6 is 0 Å². The van der Waals surface area contributed by atoms with Crippen LogP contribution in [0.3, 0.4) is 0 Å². The second-order valence-electron chi connectivity index (χ2n) is 3.10. The lowest BCUT2D eigenvalue weighted by Gasteiger charge is -2.22. The fraction of sp³-hybridized carbons (Fsp3) is 1.00. The van der Waals surface area contributed by atoms with Crippen molar-refractivity contribution in [3.8, 4) is 0 Å². The van der Waals surface area contributed by atoms with Crippen molar-refractivity contribution >= 4 is 10.1 Å². The average molecular weight is 220 g/mol. The van der Waals surface area contributed by atoms with Crippen LogP contribution in [0, 0.1) is 0 Å². The van der Waals surface area contributed by atoms with Gasteiger partial charge in [0, 0.05) is 0 Å². The highest BCUT2D eigenvalue weighted by Crippen LogP contribution is 2.29. The van der Waals surface area contributed by atoms with Crippen LogP contribution in [-0.4, -0.2) is 19.5 Å². The molecular weight excluding hydrogens is 209 g/mol. The van der Waals surface area contributed by atoms with Crippen molar-refractivity contribution in [2.24, 2.45) is 0 Å². The minimum atomic E-state index is -5.47. The normalized spacial score (nSPS) is 14.6. The first-order chi connectivity index (χ1) is 5.52. The lowest BCUT2D eigenvalue weighted by Crippen LogP contribution is -2.34. The maximum absolute atomic E-state index is 11.8. The molecule has 0 aliphatic rings. The summed E-state index contributed by atoms with van der Waals surface area (Å²) in [6.07, 6.45) is 0.169. The van der Waals surface area contributed by atoms with Gasteiger partial charge in [-0.1, -0.05) is 6.92 Å². The number of hydrogen-bond acceptors (Lipinski definition) is 3. The highest BCUT2D eigenvalue weighted by molar-refractivity contribution is 7.87. The average Bonchev–Trinajstić information content (AvgIpc) is 1.83. The molecule has 0 aliphatic carbocycles. The van der Waals surface area contributed by atoms with Crippen molar-refractivity contribution in [1.29, 1.82) is 0 Å². The van der Waals surface area contributed by atoms with E-state index in [2.05, 4.69) is 4.18 Å². The van der Waals surface area contributed by atoms with Gasteiger partial charge < -0.3 is 0 Å². The van der Waals surface area contributed by atoms with Crippen LogP contribution in [0.4, 0.5) is 13.2 Å². The second kappa shape index (κ2) is 3.45. The molecule has 0 heterocycles. The first-order valence-electron chi connectivity index (χ1n) is 3.54. The summed E-state index contributed by atoms with van der Waals surface area (Å²) in [7, 11) is -5.47. The SMILES string of the molecule is CCC(C)(C)OS(=O)(=O)C(F)(F)F. The Kier molecular flexibility index (Phi) is 3.37. The Balaban J connectivity index is 4.74. The zero-order chi connectivity index (χ0) is 10.9. The fourth-order valence-electron chi connectivity index (χ4n) is 0.403. The first kappa shape index (κ1) is 12.7. The van der Waals surface area contributed by atoms with Gasteiger partial charge >= 0.3 is 15.6 Å². The van der Waals surface area contributed by atoms with Crippen molar-refractivity contribution in [2.75, 3.05) is 0 Å². The van der Waals surface area contributed by atoms with Gasteiger partial charge in [-0.3, -0.25) is 4.18 Å². The number of alkyl halides is 3. The molecule has 0 saturated heterocycles. The maximum atomic E-state index is 11.8. The van der Waals surface area contributed by atoms with Gasteiger partial charge in [0.15, 0.2) is 0 Å². The van der Waals surface area contributed by atoms with Gasteiger partial charge in [-0.25, -0.2) is 0 Å². The summed E-state index contributed by atoms with van der Waals surface area (Å²) < 4.78 is 60.3. The van der Waals surface area contributed by atoms with Crippen LogP contribution in [0.1, 0.15) is 27.2 Å². The van der Waals surface area contributed by atoms with Crippen LogP contribution in [0.5, 0.6) is 0 Å². The number of halogens is 3. The van der Waals surface area contributed by atoms with Crippen LogP contribution in [-0.2, 0) is 14.3 Å². The highest BCUT2D eigenvalue weighted by Gasteiger charge is 2.49. The molecule has 0 fully saturated rings. The van der Waals surface area contributed by atoms with Crippen molar-refractivity contribution in [3.05, 3.63) is 0 Å². The van der Waals surface area contributed by atoms with Gasteiger partial charge in [0.25, 0.3) is 0 Å². The molecule has 0 unspecified atom stereocenters. The van der Waals surface area contributed by atoms with E-state index in [1.165, 1.54) is 20.8 Å². The quantitative estimate of drug-likeness (QED) is 0.540. The van der Waals surface area contributed by atoms with E-state index in [1.54, 1.807) is 0 Å². The molecule has 0 spiro atoms. The van der Waals surface area contributed by atoms with E-state index in [1.807, 2.05) is 0 Å². The largest absolute Gasteiger partial charge is 0.523 e. The van der Waals surface area contributed by atoms with Crippen LogP contribution in [0.15, 0.2) is 0 Å². The fourth-order valence-corrected chi connectivity index (χ4v) is 1.21. The predicted octanol–water partition coefficient (Wildman–Crippen LogP) is 2.04. The lowest BCUT2D eigenvalue weighted by molar-refractivity contribution is -0.0628. The Bertz CT molecular complexity index is 265. The number of hydrogen-bond donors (Lipinski definition) is 0. The summed E-state index contributed by atoms with van der Waals surface area (Å²) in [5, 5.41) is 0. The minimum absolute atomic E-state index is 0.169. The molecule has 0 aromatic heterocycles. The molecular formula is C6H11F3O3S. The molecule has 0 atom stereocenters. The Labute approximate surface area is 75.0 Å². The van der Waals surface area contributed by atoms with Gasteiger partial charge in [0.1, 0.15) is 0 Å². The third-order valence-corrected chi connectivity index (χ3v) is 2.71. The zero-order valence-corrected chi connectivity index (χ0v) is 8.29. The third kappa shape index (κ3) is 3.51. The van der Waals surface area contributed by atoms with Crippen molar-refractivity contribution in [1.82, 2.24) is 0 Å². The van der Waals surface area contributed by atoms with E-state index in [9.17, 15) is 21.6 Å². The standard InChI is InChI=1S/C6H11F3O3S/c1-4-5(2,3)12-13(10,11)6(7,8)9/h4H2,1-3H3. The van der Waals surface area contributed by atoms with E-state index in [4.69, 9.17) is 0 Å². The number of rotatable bonds is 3. The summed E-state index contributed by atoms with van der Waals surface area (Å²) in [5.74, 6) is 0. The minimum Gasteiger partial charge on any atom is -0.257 e. The van der Waals surface area contributed by atoms with E-state index in [0.717, 1.165) is 0 Å². The molecule has 0 N–H and O–H groups in total. The molecule has 0 radical (unpaired) electrons. The summed E-state index contributed by atoms with van der Waals surface area (Å²) >= 11 is 0. The molecule has 0 aromatic carbocycles. The molecule has 7 heteroatoms. The van der Waals surface area contributed by atoms with Gasteiger partial charge in [-0.05, 0) is 20.3 Å². The molecule has 0 amide bonds. The van der Waals surface area contributed by atoms with Crippen LogP contribution in [0.2, 0.25) is 0 Å². The van der Waals surface area contributed by atoms with Crippen molar-refractivity contribution in [3.63, 3.8) is 0 Å². The van der Waals surface area contributed by atoms with Gasteiger partial charge in [-0.2, -0.15) is 21.6 Å². The smallest absolute Gasteiger partial charge is 0.257 e. The third-order valence-electron chi connectivity index (χ3n) is 1.47. The maximum Gasteiger partial charge on any atom is 0.523 e. The van der Waals surface area contributed by atoms with E-state index in [-0.39, 0.29) is 6.42 Å². The molecule has 0 aliphatic heterocycles. The second-order valence-corrected chi connectivity index (χ2v) is 4.63. The Morgan fingerprint density at radius 2 is 1.62 bits per heavy atom. The Morgan fingerprint density at radius 1 is 1.23 bits per heavy atom. The summed E-state index contributed by atoms with van der Waals surface area (Å²) in [6.45, 7) is 4.08. The van der Waals surface area contributed by atoms with E-state index >= 15 is 0 Å². The van der Waals surface area contributed by atoms with Crippen LogP contribution in [0.25, 0.3) is 0 Å². The van der Waals surface area contributed by atoms with Gasteiger partial charge in [0.05, 0.1) is 5.60 Å². The van der Waals surface area contributed by atoms with E-state index in [0.29, 0.717) is 0 Å². The molecule has 0 saturated carbocycles. The lowest BCUT2D eigenvalue weighted by atomic mass is 10.1. The predicted molar refractivity (Wildman–Crippen MR) is 40.4 cm³/mol. The summed E-state index contributed by atoms with van der Waals surface area (Å²) in [4.78, 5) is 0. The Hall–Kier alpha value is -0.300. The van der Waals surface area contributed by atoms with E-state index < -0.39 is 21.2 Å². The molecule has 80 valence electrons. The van der Waals surface area contributed by atoms with Crippen molar-refractivity contribution in [2.45, 2.75) is 38.3 Å². The topological polar surface area (TPSA) is 43.4 Å². The molecule has 13 heavy (non-hydrogen) atoms. The monoisotopic (exact) mass is 220 g/mol. The molecule has 0 bridgehead atoms. The Morgan fingerprint density at radius 3 is 1.85 bits per heavy atom. The first-order valence-corrected chi connectivity index (χ1v) is 4.94. The molecule has 0 aromatic rings. The molecule has 0 rings (SSSR count). The summed E-state index contributed by atoms with van der Waals surface area (Å²) in [6, 6.07) is 0. The highest BCUT2D eigenvalue weighted by atomic mass is 32.2. The van der Waals surface area contributed by atoms with Crippen LogP contribution < -0.4 is 0 Å². The zero-order valence-electron chi connectivity index (χ0n) is 7.47. The van der Waals surface area contributed by atoms with Crippen molar-refractivity contribution < 1.29 is 25.8 Å².